The minimum Gasteiger partial charge on any atom is -0.493 e. The standard InChI is InChI=1S/C24H20ClNO4S/c1-3-30-21-13-19(25)17(11-20(21)29-2)12-22-23(27)26(24(28)31-22)14-16-9-6-8-15-7-4-5-10-18(15)16/h4-13H,3,14H2,1-2H3/b22-12+. The summed E-state index contributed by atoms with van der Waals surface area (Å²) in [6, 6.07) is 17.1. The van der Waals surface area contributed by atoms with Gasteiger partial charge in [0, 0.05) is 6.07 Å². The van der Waals surface area contributed by atoms with Gasteiger partial charge in [0.1, 0.15) is 0 Å². The Kier molecular flexibility index (Phi) is 6.20. The van der Waals surface area contributed by atoms with E-state index in [1.807, 2.05) is 49.4 Å². The summed E-state index contributed by atoms with van der Waals surface area (Å²) in [5.41, 5.74) is 1.50. The van der Waals surface area contributed by atoms with Crippen molar-refractivity contribution in [1.82, 2.24) is 4.90 Å². The number of benzene rings is 3. The molecule has 0 unspecified atom stereocenters. The molecule has 1 heterocycles. The predicted octanol–water partition coefficient (Wildman–Crippen LogP) is 6.14. The number of halogens is 1. The average Bonchev–Trinajstić information content (AvgIpc) is 3.03. The van der Waals surface area contributed by atoms with Crippen molar-refractivity contribution in [3.63, 3.8) is 0 Å². The SMILES string of the molecule is CCOc1cc(Cl)c(/C=C2/SC(=O)N(Cc3cccc4ccccc34)C2=O)cc1OC. The first-order valence-electron chi connectivity index (χ1n) is 9.74. The van der Waals surface area contributed by atoms with Gasteiger partial charge < -0.3 is 9.47 Å². The van der Waals surface area contributed by atoms with Gasteiger partial charge >= 0.3 is 0 Å². The van der Waals surface area contributed by atoms with Crippen LogP contribution in [0.5, 0.6) is 11.5 Å². The fourth-order valence-electron chi connectivity index (χ4n) is 3.47. The second-order valence-corrected chi connectivity index (χ2v) is 8.26. The molecule has 0 atom stereocenters. The Morgan fingerprint density at radius 1 is 1.06 bits per heavy atom. The highest BCUT2D eigenvalue weighted by Crippen LogP contribution is 2.38. The Labute approximate surface area is 189 Å². The van der Waals surface area contributed by atoms with Crippen molar-refractivity contribution in [2.45, 2.75) is 13.5 Å². The Morgan fingerprint density at radius 2 is 1.84 bits per heavy atom. The molecule has 0 saturated carbocycles. The molecule has 0 aromatic heterocycles. The van der Waals surface area contributed by atoms with Gasteiger partial charge in [-0.2, -0.15) is 0 Å². The normalized spacial score (nSPS) is 15.2. The van der Waals surface area contributed by atoms with E-state index < -0.39 is 0 Å². The van der Waals surface area contributed by atoms with Crippen LogP contribution in [-0.4, -0.2) is 29.8 Å². The number of imide groups is 1. The third kappa shape index (κ3) is 4.27. The fourth-order valence-corrected chi connectivity index (χ4v) is 4.50. The molecule has 1 fully saturated rings. The molecule has 1 aliphatic heterocycles. The molecule has 0 spiro atoms. The average molecular weight is 454 g/mol. The molecule has 0 aliphatic carbocycles. The zero-order chi connectivity index (χ0) is 22.0. The first-order chi connectivity index (χ1) is 15.0. The van der Waals surface area contributed by atoms with Gasteiger partial charge in [0.15, 0.2) is 11.5 Å². The van der Waals surface area contributed by atoms with Gasteiger partial charge in [0.05, 0.1) is 30.2 Å². The van der Waals surface area contributed by atoms with Gasteiger partial charge in [-0.3, -0.25) is 14.5 Å². The molecule has 0 bridgehead atoms. The second kappa shape index (κ2) is 9.04. The van der Waals surface area contributed by atoms with Crippen LogP contribution in [0.3, 0.4) is 0 Å². The number of nitrogens with zero attached hydrogens (tertiary/aromatic N) is 1. The summed E-state index contributed by atoms with van der Waals surface area (Å²) >= 11 is 7.29. The largest absolute Gasteiger partial charge is 0.493 e. The van der Waals surface area contributed by atoms with Crippen LogP contribution >= 0.6 is 23.4 Å². The Hall–Kier alpha value is -2.96. The number of amides is 2. The first kappa shape index (κ1) is 21.3. The van der Waals surface area contributed by atoms with Gasteiger partial charge in [0.25, 0.3) is 11.1 Å². The lowest BCUT2D eigenvalue weighted by atomic mass is 10.0. The highest BCUT2D eigenvalue weighted by molar-refractivity contribution is 8.18. The molecule has 3 aromatic rings. The van der Waals surface area contributed by atoms with Crippen LogP contribution < -0.4 is 9.47 Å². The minimum atomic E-state index is -0.341. The van der Waals surface area contributed by atoms with Crippen molar-refractivity contribution in [2.24, 2.45) is 0 Å². The predicted molar refractivity (Wildman–Crippen MR) is 125 cm³/mol. The Morgan fingerprint density at radius 3 is 2.61 bits per heavy atom. The molecule has 1 aliphatic rings. The summed E-state index contributed by atoms with van der Waals surface area (Å²) in [6.45, 7) is 2.55. The van der Waals surface area contributed by atoms with E-state index in [9.17, 15) is 9.59 Å². The number of carbonyl (C=O) groups is 2. The molecule has 5 nitrogen and oxygen atoms in total. The lowest BCUT2D eigenvalue weighted by molar-refractivity contribution is -0.123. The maximum Gasteiger partial charge on any atom is 0.293 e. The number of thioether (sulfide) groups is 1. The van der Waals surface area contributed by atoms with E-state index in [2.05, 4.69) is 0 Å². The summed E-state index contributed by atoms with van der Waals surface area (Å²) in [4.78, 5) is 27.2. The summed E-state index contributed by atoms with van der Waals surface area (Å²) in [5, 5.41) is 2.19. The van der Waals surface area contributed by atoms with Crippen molar-refractivity contribution in [3.05, 3.63) is 75.7 Å². The van der Waals surface area contributed by atoms with E-state index in [1.165, 1.54) is 12.0 Å². The minimum absolute atomic E-state index is 0.212. The molecule has 1 saturated heterocycles. The van der Waals surface area contributed by atoms with Crippen LogP contribution in [0.4, 0.5) is 4.79 Å². The van der Waals surface area contributed by atoms with Crippen LogP contribution in [0.1, 0.15) is 18.1 Å². The number of hydrogen-bond donors (Lipinski definition) is 0. The molecular formula is C24H20ClNO4S. The van der Waals surface area contributed by atoms with E-state index in [1.54, 1.807) is 18.2 Å². The summed E-state index contributed by atoms with van der Waals surface area (Å²) in [6.07, 6.45) is 1.62. The van der Waals surface area contributed by atoms with Gasteiger partial charge in [-0.15, -0.1) is 0 Å². The third-order valence-corrected chi connectivity index (χ3v) is 6.19. The van der Waals surface area contributed by atoms with Gasteiger partial charge in [-0.05, 0) is 52.7 Å². The van der Waals surface area contributed by atoms with Crippen molar-refractivity contribution >= 4 is 51.4 Å². The molecular weight excluding hydrogens is 434 g/mol. The van der Waals surface area contributed by atoms with Crippen LogP contribution in [0, 0.1) is 0 Å². The molecule has 0 N–H and O–H groups in total. The number of hydrogen-bond acceptors (Lipinski definition) is 5. The van der Waals surface area contributed by atoms with E-state index in [4.69, 9.17) is 21.1 Å². The fraction of sp³-hybridized carbons (Fsp3) is 0.167. The van der Waals surface area contributed by atoms with Crippen molar-refractivity contribution in [3.8, 4) is 11.5 Å². The van der Waals surface area contributed by atoms with Crippen molar-refractivity contribution in [2.75, 3.05) is 13.7 Å². The van der Waals surface area contributed by atoms with E-state index in [0.29, 0.717) is 33.6 Å². The smallest absolute Gasteiger partial charge is 0.293 e. The number of rotatable bonds is 6. The maximum atomic E-state index is 13.0. The topological polar surface area (TPSA) is 55.8 Å². The molecule has 158 valence electrons. The van der Waals surface area contributed by atoms with Gasteiger partial charge in [-0.25, -0.2) is 0 Å². The van der Waals surface area contributed by atoms with Crippen molar-refractivity contribution < 1.29 is 19.1 Å². The molecule has 2 amide bonds. The summed E-state index contributed by atoms with van der Waals surface area (Å²) in [5.74, 6) is 0.690. The van der Waals surface area contributed by atoms with E-state index in [-0.39, 0.29) is 17.7 Å². The van der Waals surface area contributed by atoms with E-state index in [0.717, 1.165) is 28.1 Å². The summed E-state index contributed by atoms with van der Waals surface area (Å²) < 4.78 is 10.9. The number of ether oxygens (including phenoxy) is 2. The second-order valence-electron chi connectivity index (χ2n) is 6.86. The van der Waals surface area contributed by atoms with Gasteiger partial charge in [-0.1, -0.05) is 54.1 Å². The number of carbonyl (C=O) groups excluding carboxylic acids is 2. The lowest BCUT2D eigenvalue weighted by Crippen LogP contribution is -2.27. The highest BCUT2D eigenvalue weighted by Gasteiger charge is 2.35. The van der Waals surface area contributed by atoms with Crippen LogP contribution in [0.2, 0.25) is 5.02 Å². The Bertz CT molecular complexity index is 1200. The van der Waals surface area contributed by atoms with Crippen LogP contribution in [-0.2, 0) is 11.3 Å². The lowest BCUT2D eigenvalue weighted by Gasteiger charge is -2.14. The Balaban J connectivity index is 1.63. The third-order valence-electron chi connectivity index (χ3n) is 4.95. The zero-order valence-electron chi connectivity index (χ0n) is 17.1. The molecule has 7 heteroatoms. The first-order valence-corrected chi connectivity index (χ1v) is 10.9. The summed E-state index contributed by atoms with van der Waals surface area (Å²) in [7, 11) is 1.54. The van der Waals surface area contributed by atoms with Crippen LogP contribution in [0.15, 0.2) is 59.5 Å². The highest BCUT2D eigenvalue weighted by atomic mass is 35.5. The zero-order valence-corrected chi connectivity index (χ0v) is 18.6. The molecule has 4 rings (SSSR count). The molecule has 31 heavy (non-hydrogen) atoms. The van der Waals surface area contributed by atoms with Crippen LogP contribution in [0.25, 0.3) is 16.8 Å². The monoisotopic (exact) mass is 453 g/mol. The quantitative estimate of drug-likeness (QED) is 0.420. The maximum absolute atomic E-state index is 13.0. The molecule has 3 aromatic carbocycles. The van der Waals surface area contributed by atoms with Gasteiger partial charge in [0.2, 0.25) is 0 Å². The van der Waals surface area contributed by atoms with E-state index >= 15 is 0 Å². The van der Waals surface area contributed by atoms with Crippen molar-refractivity contribution in [1.29, 1.82) is 0 Å². The number of methoxy groups -OCH3 is 1. The molecule has 0 radical (unpaired) electrons. The number of fused-ring (bicyclic) bond motifs is 1.